The van der Waals surface area contributed by atoms with Gasteiger partial charge in [0.1, 0.15) is 6.61 Å². The number of benzene rings is 2. The van der Waals surface area contributed by atoms with Gasteiger partial charge in [0, 0.05) is 15.1 Å². The Morgan fingerprint density at radius 3 is 2.60 bits per heavy atom. The average molecular weight is 374 g/mol. The Labute approximate surface area is 135 Å². The van der Waals surface area contributed by atoms with Crippen LogP contribution < -0.4 is 0 Å². The van der Waals surface area contributed by atoms with Gasteiger partial charge in [-0.1, -0.05) is 57.3 Å². The molecule has 0 saturated carbocycles. The molecule has 0 bridgehead atoms. The van der Waals surface area contributed by atoms with Crippen LogP contribution in [-0.4, -0.2) is 12.4 Å². The van der Waals surface area contributed by atoms with Crippen LogP contribution in [0.2, 0.25) is 10.0 Å². The topological polar surface area (TPSA) is 26.3 Å². The number of hydrogen-bond acceptors (Lipinski definition) is 2. The summed E-state index contributed by atoms with van der Waals surface area (Å²) in [6.45, 7) is 0.334. The number of Topliss-reactive ketones (excluding diaryl/α,β-unsaturated/α-hetero) is 1. The van der Waals surface area contributed by atoms with E-state index in [1.165, 1.54) is 0 Å². The molecule has 0 unspecified atom stereocenters. The minimum Gasteiger partial charge on any atom is -0.369 e. The number of carbonyl (C=O) groups is 1. The molecule has 5 heteroatoms. The molecular weight excluding hydrogens is 363 g/mol. The van der Waals surface area contributed by atoms with Crippen molar-refractivity contribution in [3.8, 4) is 0 Å². The molecule has 0 aliphatic rings. The fraction of sp³-hybridized carbons (Fsp3) is 0.133. The molecule has 0 radical (unpaired) electrons. The van der Waals surface area contributed by atoms with E-state index >= 15 is 0 Å². The average Bonchev–Trinajstić information content (AvgIpc) is 2.40. The molecule has 2 aromatic carbocycles. The normalized spacial score (nSPS) is 10.6. The Kier molecular flexibility index (Phi) is 5.61. The van der Waals surface area contributed by atoms with Crippen LogP contribution in [0, 0.1) is 0 Å². The number of halogens is 3. The van der Waals surface area contributed by atoms with Crippen LogP contribution >= 0.6 is 39.1 Å². The van der Waals surface area contributed by atoms with Crippen molar-refractivity contribution in [1.82, 2.24) is 0 Å². The molecule has 0 atom stereocenters. The number of ether oxygens (including phenoxy) is 1. The second-order valence-corrected chi connectivity index (χ2v) is 5.83. The van der Waals surface area contributed by atoms with Crippen LogP contribution in [-0.2, 0) is 11.3 Å². The first-order chi connectivity index (χ1) is 9.58. The van der Waals surface area contributed by atoms with Crippen molar-refractivity contribution >= 4 is 44.9 Å². The molecule has 2 nitrogen and oxygen atoms in total. The maximum atomic E-state index is 12.0. The van der Waals surface area contributed by atoms with E-state index in [0.29, 0.717) is 22.2 Å². The van der Waals surface area contributed by atoms with Gasteiger partial charge in [0.05, 0.1) is 11.6 Å². The first kappa shape index (κ1) is 15.5. The number of hydrogen-bond donors (Lipinski definition) is 0. The van der Waals surface area contributed by atoms with Crippen LogP contribution in [0.15, 0.2) is 46.9 Å². The lowest BCUT2D eigenvalue weighted by Crippen LogP contribution is -2.09. The number of carbonyl (C=O) groups excluding carboxylic acids is 1. The molecule has 0 aliphatic carbocycles. The fourth-order valence-electron chi connectivity index (χ4n) is 1.66. The van der Waals surface area contributed by atoms with Gasteiger partial charge in [-0.05, 0) is 29.8 Å². The molecule has 0 N–H and O–H groups in total. The van der Waals surface area contributed by atoms with Gasteiger partial charge in [-0.3, -0.25) is 4.79 Å². The molecule has 2 rings (SSSR count). The minimum atomic E-state index is -0.168. The van der Waals surface area contributed by atoms with Crippen LogP contribution in [0.1, 0.15) is 15.9 Å². The summed E-state index contributed by atoms with van der Waals surface area (Å²) in [5.74, 6) is -0.168. The zero-order chi connectivity index (χ0) is 14.5. The molecule has 0 heterocycles. The summed E-state index contributed by atoms with van der Waals surface area (Å²) in [7, 11) is 0. The van der Waals surface area contributed by atoms with Crippen molar-refractivity contribution in [3.63, 3.8) is 0 Å². The molecule has 0 fully saturated rings. The zero-order valence-electron chi connectivity index (χ0n) is 10.4. The first-order valence-corrected chi connectivity index (χ1v) is 7.42. The van der Waals surface area contributed by atoms with E-state index in [1.54, 1.807) is 18.2 Å². The van der Waals surface area contributed by atoms with Crippen molar-refractivity contribution in [2.45, 2.75) is 6.61 Å². The third kappa shape index (κ3) is 4.06. The second-order valence-electron chi connectivity index (χ2n) is 4.13. The van der Waals surface area contributed by atoms with Crippen molar-refractivity contribution in [2.24, 2.45) is 0 Å². The zero-order valence-corrected chi connectivity index (χ0v) is 13.5. The highest BCUT2D eigenvalue weighted by atomic mass is 79.9. The lowest BCUT2D eigenvalue weighted by molar-refractivity contribution is 0.0726. The van der Waals surface area contributed by atoms with E-state index in [1.807, 2.05) is 24.3 Å². The van der Waals surface area contributed by atoms with Crippen molar-refractivity contribution in [1.29, 1.82) is 0 Å². The number of rotatable bonds is 5. The summed E-state index contributed by atoms with van der Waals surface area (Å²) in [4.78, 5) is 12.0. The van der Waals surface area contributed by atoms with E-state index in [2.05, 4.69) is 15.9 Å². The summed E-state index contributed by atoms with van der Waals surface area (Å²) < 4.78 is 6.39. The Hall–Kier alpha value is -0.870. The molecule has 2 aromatic rings. The standard InChI is InChI=1S/C15H11BrCl2O2/c16-13-4-2-1-3-10(13)8-20-9-15(19)12-6-5-11(17)7-14(12)18/h1-7H,8-9H2. The highest BCUT2D eigenvalue weighted by Gasteiger charge is 2.11. The molecule has 104 valence electrons. The van der Waals surface area contributed by atoms with Crippen LogP contribution in [0.5, 0.6) is 0 Å². The van der Waals surface area contributed by atoms with E-state index < -0.39 is 0 Å². The monoisotopic (exact) mass is 372 g/mol. The van der Waals surface area contributed by atoms with Gasteiger partial charge in [-0.2, -0.15) is 0 Å². The Morgan fingerprint density at radius 2 is 1.90 bits per heavy atom. The molecular formula is C15H11BrCl2O2. The lowest BCUT2D eigenvalue weighted by atomic mass is 10.1. The van der Waals surface area contributed by atoms with Crippen LogP contribution in [0.3, 0.4) is 0 Å². The first-order valence-electron chi connectivity index (χ1n) is 5.87. The lowest BCUT2D eigenvalue weighted by Gasteiger charge is -2.07. The second kappa shape index (κ2) is 7.23. The molecule has 0 aromatic heterocycles. The largest absolute Gasteiger partial charge is 0.369 e. The highest BCUT2D eigenvalue weighted by molar-refractivity contribution is 9.10. The quantitative estimate of drug-likeness (QED) is 0.677. The van der Waals surface area contributed by atoms with E-state index in [0.717, 1.165) is 10.0 Å². The Balaban J connectivity index is 1.94. The van der Waals surface area contributed by atoms with Gasteiger partial charge >= 0.3 is 0 Å². The van der Waals surface area contributed by atoms with Gasteiger partial charge in [-0.25, -0.2) is 0 Å². The molecule has 20 heavy (non-hydrogen) atoms. The van der Waals surface area contributed by atoms with E-state index in [-0.39, 0.29) is 12.4 Å². The third-order valence-corrected chi connectivity index (χ3v) is 4.00. The summed E-state index contributed by atoms with van der Waals surface area (Å²) in [5, 5.41) is 0.840. The summed E-state index contributed by atoms with van der Waals surface area (Å²) in [6.07, 6.45) is 0. The summed E-state index contributed by atoms with van der Waals surface area (Å²) in [6, 6.07) is 12.5. The SMILES string of the molecule is O=C(COCc1ccccc1Br)c1ccc(Cl)cc1Cl. The fourth-order valence-corrected chi connectivity index (χ4v) is 2.58. The Morgan fingerprint density at radius 1 is 1.15 bits per heavy atom. The van der Waals surface area contributed by atoms with E-state index in [9.17, 15) is 4.79 Å². The maximum absolute atomic E-state index is 12.0. The van der Waals surface area contributed by atoms with Gasteiger partial charge in [-0.15, -0.1) is 0 Å². The van der Waals surface area contributed by atoms with E-state index in [4.69, 9.17) is 27.9 Å². The molecule has 0 saturated heterocycles. The van der Waals surface area contributed by atoms with Crippen LogP contribution in [0.25, 0.3) is 0 Å². The highest BCUT2D eigenvalue weighted by Crippen LogP contribution is 2.22. The van der Waals surface area contributed by atoms with Gasteiger partial charge in [0.15, 0.2) is 5.78 Å². The van der Waals surface area contributed by atoms with Crippen molar-refractivity contribution < 1.29 is 9.53 Å². The summed E-state index contributed by atoms with van der Waals surface area (Å²) >= 11 is 15.2. The van der Waals surface area contributed by atoms with Gasteiger partial charge in [0.2, 0.25) is 0 Å². The molecule has 0 aliphatic heterocycles. The Bertz CT molecular complexity index is 629. The van der Waals surface area contributed by atoms with Gasteiger partial charge < -0.3 is 4.74 Å². The van der Waals surface area contributed by atoms with Crippen molar-refractivity contribution in [2.75, 3.05) is 6.61 Å². The van der Waals surface area contributed by atoms with Gasteiger partial charge in [0.25, 0.3) is 0 Å². The minimum absolute atomic E-state index is 0.0251. The third-order valence-electron chi connectivity index (χ3n) is 2.68. The molecule has 0 amide bonds. The summed E-state index contributed by atoms with van der Waals surface area (Å²) in [5.41, 5.74) is 1.41. The maximum Gasteiger partial charge on any atom is 0.189 e. The molecule has 0 spiro atoms. The van der Waals surface area contributed by atoms with Crippen LogP contribution in [0.4, 0.5) is 0 Å². The van der Waals surface area contributed by atoms with Crippen molar-refractivity contribution in [3.05, 3.63) is 68.1 Å². The smallest absolute Gasteiger partial charge is 0.189 e. The number of ketones is 1. The predicted octanol–water partition coefficient (Wildman–Crippen LogP) is 5.16. The predicted molar refractivity (Wildman–Crippen MR) is 84.6 cm³/mol.